The van der Waals surface area contributed by atoms with Gasteiger partial charge in [-0.3, -0.25) is 9.79 Å². The lowest BCUT2D eigenvalue weighted by molar-refractivity contribution is -0.136. The summed E-state index contributed by atoms with van der Waals surface area (Å²) in [7, 11) is 1.68. The summed E-state index contributed by atoms with van der Waals surface area (Å²) >= 11 is 0. The lowest BCUT2D eigenvalue weighted by Crippen LogP contribution is -2.59. The maximum atomic E-state index is 12.5. The lowest BCUT2D eigenvalue weighted by Gasteiger charge is -2.46. The van der Waals surface area contributed by atoms with Gasteiger partial charge in [0.1, 0.15) is 5.84 Å². The molecule has 1 spiro atoms. The molecule has 2 aliphatic heterocycles. The van der Waals surface area contributed by atoms with Crippen LogP contribution in [0.2, 0.25) is 0 Å². The number of rotatable bonds is 5. The number of carbonyl (C=O) groups excluding carboxylic acids is 1. The standard InChI is InChI=1S/C19H29N5O2/c1-4-14(2)17(25)24-11-7-19(8-12-24)18(21-10-13-26-3)22-16-15(23-19)6-5-9-20-16/h5-6,9,14,23H,4,7-8,10-13H2,1-3H3,(H,20,21,22). The number of hydrogen-bond acceptors (Lipinski definition) is 5. The molecule has 3 heterocycles. The van der Waals surface area contributed by atoms with E-state index in [9.17, 15) is 4.79 Å². The lowest BCUT2D eigenvalue weighted by atomic mass is 9.83. The first-order chi connectivity index (χ1) is 12.6. The van der Waals surface area contributed by atoms with Crippen molar-refractivity contribution in [1.29, 1.82) is 0 Å². The van der Waals surface area contributed by atoms with Gasteiger partial charge in [-0.25, -0.2) is 4.98 Å². The van der Waals surface area contributed by atoms with Crippen molar-refractivity contribution in [2.75, 3.05) is 44.0 Å². The third-order valence-corrected chi connectivity index (χ3v) is 5.40. The Morgan fingerprint density at radius 3 is 2.92 bits per heavy atom. The van der Waals surface area contributed by atoms with E-state index in [0.29, 0.717) is 13.2 Å². The van der Waals surface area contributed by atoms with Crippen LogP contribution in [-0.2, 0) is 9.53 Å². The van der Waals surface area contributed by atoms with Crippen LogP contribution >= 0.6 is 0 Å². The number of anilines is 2. The number of piperidine rings is 1. The van der Waals surface area contributed by atoms with Crippen LogP contribution in [0.1, 0.15) is 33.1 Å². The smallest absolute Gasteiger partial charge is 0.225 e. The van der Waals surface area contributed by atoms with Crippen LogP contribution in [0.3, 0.4) is 0 Å². The first-order valence-corrected chi connectivity index (χ1v) is 9.42. The number of hydrogen-bond donors (Lipinski definition) is 2. The van der Waals surface area contributed by atoms with Crippen molar-refractivity contribution in [3.8, 4) is 0 Å². The van der Waals surface area contributed by atoms with Gasteiger partial charge in [0, 0.05) is 32.3 Å². The number of amidine groups is 1. The molecule has 142 valence electrons. The monoisotopic (exact) mass is 359 g/mol. The number of carbonyl (C=O) groups is 1. The van der Waals surface area contributed by atoms with Gasteiger partial charge < -0.3 is 20.3 Å². The van der Waals surface area contributed by atoms with E-state index in [1.807, 2.05) is 24.0 Å². The van der Waals surface area contributed by atoms with Crippen LogP contribution in [0.25, 0.3) is 0 Å². The maximum Gasteiger partial charge on any atom is 0.225 e. The van der Waals surface area contributed by atoms with Crippen molar-refractivity contribution in [2.24, 2.45) is 10.9 Å². The van der Waals surface area contributed by atoms with Gasteiger partial charge in [-0.05, 0) is 31.4 Å². The number of nitrogens with zero attached hydrogens (tertiary/aromatic N) is 3. The Balaban J connectivity index is 1.79. The SMILES string of the molecule is CCC(C)C(=O)N1CCC2(CC1)Nc1cccnc1NC2=NCCOC. The van der Waals surface area contributed by atoms with Gasteiger partial charge in [0.05, 0.1) is 24.4 Å². The second kappa shape index (κ2) is 8.03. The molecular weight excluding hydrogens is 330 g/mol. The number of methoxy groups -OCH3 is 1. The number of amides is 1. The minimum Gasteiger partial charge on any atom is -0.383 e. The quantitative estimate of drug-likeness (QED) is 0.789. The van der Waals surface area contributed by atoms with Crippen LogP contribution in [0, 0.1) is 5.92 Å². The first-order valence-electron chi connectivity index (χ1n) is 9.42. The molecule has 1 aromatic heterocycles. The fraction of sp³-hybridized carbons (Fsp3) is 0.632. The number of ether oxygens (including phenoxy) is 1. The summed E-state index contributed by atoms with van der Waals surface area (Å²) in [6.07, 6.45) is 4.29. The number of aliphatic imine (C=N–C) groups is 1. The van der Waals surface area contributed by atoms with Crippen LogP contribution in [0.15, 0.2) is 23.3 Å². The molecular formula is C19H29N5O2. The topological polar surface area (TPSA) is 78.9 Å². The Morgan fingerprint density at radius 1 is 1.46 bits per heavy atom. The second-order valence-electron chi connectivity index (χ2n) is 7.09. The number of aromatic nitrogens is 1. The van der Waals surface area contributed by atoms with E-state index < -0.39 is 0 Å². The molecule has 1 amide bonds. The first kappa shape index (κ1) is 18.6. The molecule has 1 unspecified atom stereocenters. The number of fused-ring (bicyclic) bond motifs is 1. The zero-order valence-electron chi connectivity index (χ0n) is 15.9. The summed E-state index contributed by atoms with van der Waals surface area (Å²) in [6.45, 7) is 6.71. The average Bonchev–Trinajstić information content (AvgIpc) is 2.68. The van der Waals surface area contributed by atoms with Crippen molar-refractivity contribution >= 4 is 23.2 Å². The Bertz CT molecular complexity index is 668. The third kappa shape index (κ3) is 3.67. The Kier molecular flexibility index (Phi) is 5.76. The Labute approximate surface area is 155 Å². The second-order valence-corrected chi connectivity index (χ2v) is 7.09. The van der Waals surface area contributed by atoms with Gasteiger partial charge in [0.2, 0.25) is 5.91 Å². The Hall–Kier alpha value is -2.15. The van der Waals surface area contributed by atoms with Gasteiger partial charge in [0.25, 0.3) is 0 Å². The highest BCUT2D eigenvalue weighted by Crippen LogP contribution is 2.36. The maximum absolute atomic E-state index is 12.5. The summed E-state index contributed by atoms with van der Waals surface area (Å²) in [6, 6.07) is 3.95. The van der Waals surface area contributed by atoms with Crippen LogP contribution in [0.4, 0.5) is 11.5 Å². The van der Waals surface area contributed by atoms with E-state index in [0.717, 1.165) is 49.7 Å². The summed E-state index contributed by atoms with van der Waals surface area (Å²) in [5, 5.41) is 7.07. The van der Waals surface area contributed by atoms with Gasteiger partial charge in [-0.1, -0.05) is 13.8 Å². The molecule has 0 aromatic carbocycles. The van der Waals surface area contributed by atoms with Crippen molar-refractivity contribution in [3.05, 3.63) is 18.3 Å². The molecule has 0 bridgehead atoms. The third-order valence-electron chi connectivity index (χ3n) is 5.40. The highest BCUT2D eigenvalue weighted by atomic mass is 16.5. The van der Waals surface area contributed by atoms with E-state index in [2.05, 4.69) is 22.5 Å². The Morgan fingerprint density at radius 2 is 2.23 bits per heavy atom. The van der Waals surface area contributed by atoms with E-state index in [-0.39, 0.29) is 17.4 Å². The van der Waals surface area contributed by atoms with E-state index in [1.54, 1.807) is 13.3 Å². The molecule has 0 saturated carbocycles. The zero-order chi connectivity index (χ0) is 18.6. The van der Waals surface area contributed by atoms with Crippen LogP contribution in [0.5, 0.6) is 0 Å². The fourth-order valence-electron chi connectivity index (χ4n) is 3.55. The fourth-order valence-corrected chi connectivity index (χ4v) is 3.55. The van der Waals surface area contributed by atoms with E-state index in [4.69, 9.17) is 9.73 Å². The van der Waals surface area contributed by atoms with Crippen LogP contribution < -0.4 is 10.6 Å². The predicted octanol–water partition coefficient (Wildman–Crippen LogP) is 2.37. The molecule has 3 rings (SSSR count). The molecule has 7 nitrogen and oxygen atoms in total. The molecule has 1 aromatic rings. The van der Waals surface area contributed by atoms with Crippen molar-refractivity contribution in [3.63, 3.8) is 0 Å². The van der Waals surface area contributed by atoms with Gasteiger partial charge in [-0.15, -0.1) is 0 Å². The highest BCUT2D eigenvalue weighted by Gasteiger charge is 2.43. The molecule has 1 fully saturated rings. The zero-order valence-corrected chi connectivity index (χ0v) is 15.9. The molecule has 26 heavy (non-hydrogen) atoms. The minimum absolute atomic E-state index is 0.0845. The summed E-state index contributed by atoms with van der Waals surface area (Å²) in [5.41, 5.74) is 0.704. The molecule has 2 aliphatic rings. The molecule has 2 N–H and O–H groups in total. The predicted molar refractivity (Wildman–Crippen MR) is 104 cm³/mol. The summed E-state index contributed by atoms with van der Waals surface area (Å²) in [4.78, 5) is 23.7. The van der Waals surface area contributed by atoms with Crippen molar-refractivity contribution in [2.45, 2.75) is 38.6 Å². The minimum atomic E-state index is -0.282. The number of likely N-dealkylation sites (tertiary alicyclic amines) is 1. The van der Waals surface area contributed by atoms with E-state index >= 15 is 0 Å². The summed E-state index contributed by atoms with van der Waals surface area (Å²) < 4.78 is 5.14. The molecule has 7 heteroatoms. The highest BCUT2D eigenvalue weighted by molar-refractivity contribution is 6.08. The number of nitrogens with one attached hydrogen (secondary N) is 2. The molecule has 0 radical (unpaired) electrons. The summed E-state index contributed by atoms with van der Waals surface area (Å²) in [5.74, 6) is 2.04. The number of pyridine rings is 1. The van der Waals surface area contributed by atoms with Crippen molar-refractivity contribution < 1.29 is 9.53 Å². The largest absolute Gasteiger partial charge is 0.383 e. The molecule has 1 atom stereocenters. The van der Waals surface area contributed by atoms with Crippen molar-refractivity contribution in [1.82, 2.24) is 9.88 Å². The molecule has 0 aliphatic carbocycles. The van der Waals surface area contributed by atoms with Gasteiger partial charge in [-0.2, -0.15) is 0 Å². The average molecular weight is 359 g/mol. The van der Waals surface area contributed by atoms with Gasteiger partial charge >= 0.3 is 0 Å². The van der Waals surface area contributed by atoms with Crippen LogP contribution in [-0.4, -0.2) is 60.5 Å². The normalized spacial score (nSPS) is 21.0. The van der Waals surface area contributed by atoms with E-state index in [1.165, 1.54) is 0 Å². The molecule has 1 saturated heterocycles. The van der Waals surface area contributed by atoms with Gasteiger partial charge in [0.15, 0.2) is 5.82 Å².